The Morgan fingerprint density at radius 3 is 2.78 bits per heavy atom. The van der Waals surface area contributed by atoms with Crippen molar-refractivity contribution in [1.29, 1.82) is 0 Å². The Morgan fingerprint density at radius 1 is 1.28 bits per heavy atom. The monoisotopic (exact) mass is 259 g/mol. The van der Waals surface area contributed by atoms with E-state index in [0.29, 0.717) is 19.3 Å². The lowest BCUT2D eigenvalue weighted by molar-refractivity contribution is -0.00549. The SMILES string of the molecule is CCCOCCCNCC(O)COC1CCCC1. The van der Waals surface area contributed by atoms with Gasteiger partial charge in [-0.15, -0.1) is 0 Å². The van der Waals surface area contributed by atoms with Crippen LogP contribution in [0.5, 0.6) is 0 Å². The van der Waals surface area contributed by atoms with E-state index in [0.717, 1.165) is 45.4 Å². The fraction of sp³-hybridized carbons (Fsp3) is 1.00. The Balaban J connectivity index is 1.82. The van der Waals surface area contributed by atoms with E-state index in [-0.39, 0.29) is 6.10 Å². The summed E-state index contributed by atoms with van der Waals surface area (Å²) in [6.07, 6.45) is 6.95. The molecule has 108 valence electrons. The molecule has 0 saturated heterocycles. The van der Waals surface area contributed by atoms with Gasteiger partial charge in [0.25, 0.3) is 0 Å². The third-order valence-corrected chi connectivity index (χ3v) is 3.20. The van der Waals surface area contributed by atoms with Crippen LogP contribution in [0.15, 0.2) is 0 Å². The van der Waals surface area contributed by atoms with E-state index in [1.54, 1.807) is 0 Å². The number of nitrogens with one attached hydrogen (secondary N) is 1. The fourth-order valence-electron chi connectivity index (χ4n) is 2.18. The Kier molecular flexibility index (Phi) is 9.48. The van der Waals surface area contributed by atoms with Crippen molar-refractivity contribution in [2.45, 2.75) is 57.7 Å². The first-order valence-corrected chi connectivity index (χ1v) is 7.41. The lowest BCUT2D eigenvalue weighted by atomic mass is 10.3. The van der Waals surface area contributed by atoms with E-state index in [1.165, 1.54) is 12.8 Å². The predicted octanol–water partition coefficient (Wildman–Crippen LogP) is 1.71. The van der Waals surface area contributed by atoms with Crippen LogP contribution < -0.4 is 5.32 Å². The molecule has 0 amide bonds. The Labute approximate surface area is 111 Å². The fourth-order valence-corrected chi connectivity index (χ4v) is 2.18. The highest BCUT2D eigenvalue weighted by molar-refractivity contribution is 4.68. The van der Waals surface area contributed by atoms with E-state index in [9.17, 15) is 5.11 Å². The number of aliphatic hydroxyl groups is 1. The summed E-state index contributed by atoms with van der Waals surface area (Å²) in [5, 5.41) is 13.0. The molecule has 0 aliphatic heterocycles. The zero-order valence-corrected chi connectivity index (χ0v) is 11.7. The molecule has 0 radical (unpaired) electrons. The third-order valence-electron chi connectivity index (χ3n) is 3.20. The zero-order valence-electron chi connectivity index (χ0n) is 11.7. The molecule has 18 heavy (non-hydrogen) atoms. The van der Waals surface area contributed by atoms with E-state index in [1.807, 2.05) is 0 Å². The minimum absolute atomic E-state index is 0.387. The van der Waals surface area contributed by atoms with Crippen molar-refractivity contribution in [3.8, 4) is 0 Å². The van der Waals surface area contributed by atoms with Crippen molar-refractivity contribution in [2.75, 3.05) is 32.9 Å². The van der Waals surface area contributed by atoms with Gasteiger partial charge in [-0.05, 0) is 32.2 Å². The summed E-state index contributed by atoms with van der Waals surface area (Å²) in [5.41, 5.74) is 0. The number of rotatable bonds is 11. The summed E-state index contributed by atoms with van der Waals surface area (Å²) in [4.78, 5) is 0. The molecule has 1 atom stereocenters. The molecule has 0 bridgehead atoms. The molecule has 1 aliphatic rings. The second-order valence-corrected chi connectivity index (χ2v) is 5.06. The normalized spacial score (nSPS) is 18.3. The highest BCUT2D eigenvalue weighted by atomic mass is 16.5. The van der Waals surface area contributed by atoms with Crippen molar-refractivity contribution < 1.29 is 14.6 Å². The average Bonchev–Trinajstić information content (AvgIpc) is 2.88. The molecule has 0 aromatic heterocycles. The van der Waals surface area contributed by atoms with Crippen LogP contribution in [0, 0.1) is 0 Å². The topological polar surface area (TPSA) is 50.7 Å². The van der Waals surface area contributed by atoms with E-state index in [4.69, 9.17) is 9.47 Å². The molecule has 0 aromatic carbocycles. The standard InChI is InChI=1S/C14H29NO3/c1-2-9-17-10-5-8-15-11-13(16)12-18-14-6-3-4-7-14/h13-16H,2-12H2,1H3. The average molecular weight is 259 g/mol. The maximum atomic E-state index is 9.73. The highest BCUT2D eigenvalue weighted by Crippen LogP contribution is 2.20. The van der Waals surface area contributed by atoms with Gasteiger partial charge in [0.2, 0.25) is 0 Å². The van der Waals surface area contributed by atoms with Crippen molar-refractivity contribution in [1.82, 2.24) is 5.32 Å². The quantitative estimate of drug-likeness (QED) is 0.555. The van der Waals surface area contributed by atoms with Gasteiger partial charge in [-0.25, -0.2) is 0 Å². The Bertz CT molecular complexity index is 184. The van der Waals surface area contributed by atoms with E-state index >= 15 is 0 Å². The van der Waals surface area contributed by atoms with Crippen molar-refractivity contribution in [3.05, 3.63) is 0 Å². The minimum Gasteiger partial charge on any atom is -0.389 e. The van der Waals surface area contributed by atoms with Crippen LogP contribution in [0.2, 0.25) is 0 Å². The Morgan fingerprint density at radius 2 is 2.06 bits per heavy atom. The molecule has 0 aromatic rings. The maximum absolute atomic E-state index is 9.73. The lowest BCUT2D eigenvalue weighted by Gasteiger charge is -2.16. The molecule has 2 N–H and O–H groups in total. The highest BCUT2D eigenvalue weighted by Gasteiger charge is 2.16. The van der Waals surface area contributed by atoms with Crippen LogP contribution in [0.25, 0.3) is 0 Å². The zero-order chi connectivity index (χ0) is 13.1. The van der Waals surface area contributed by atoms with Gasteiger partial charge in [0.15, 0.2) is 0 Å². The Hall–Kier alpha value is -0.160. The number of hydrogen-bond acceptors (Lipinski definition) is 4. The second-order valence-electron chi connectivity index (χ2n) is 5.06. The molecule has 1 rings (SSSR count). The van der Waals surface area contributed by atoms with Crippen LogP contribution in [-0.2, 0) is 9.47 Å². The molecular formula is C14H29NO3. The molecule has 4 heteroatoms. The van der Waals surface area contributed by atoms with Crippen molar-refractivity contribution >= 4 is 0 Å². The number of hydrogen-bond donors (Lipinski definition) is 2. The summed E-state index contributed by atoms with van der Waals surface area (Å²) < 4.78 is 11.0. The van der Waals surface area contributed by atoms with Crippen molar-refractivity contribution in [3.63, 3.8) is 0 Å². The van der Waals surface area contributed by atoms with Gasteiger partial charge in [-0.1, -0.05) is 19.8 Å². The van der Waals surface area contributed by atoms with Gasteiger partial charge < -0.3 is 19.9 Å². The smallest absolute Gasteiger partial charge is 0.0897 e. The van der Waals surface area contributed by atoms with Crippen molar-refractivity contribution in [2.24, 2.45) is 0 Å². The first-order valence-electron chi connectivity index (χ1n) is 7.41. The van der Waals surface area contributed by atoms with Gasteiger partial charge >= 0.3 is 0 Å². The van der Waals surface area contributed by atoms with E-state index in [2.05, 4.69) is 12.2 Å². The number of ether oxygens (including phenoxy) is 2. The molecule has 1 unspecified atom stereocenters. The van der Waals surface area contributed by atoms with Crippen LogP contribution in [-0.4, -0.2) is 50.2 Å². The second kappa shape index (κ2) is 10.7. The molecular weight excluding hydrogens is 230 g/mol. The summed E-state index contributed by atoms with van der Waals surface area (Å²) >= 11 is 0. The summed E-state index contributed by atoms with van der Waals surface area (Å²) in [5.74, 6) is 0. The van der Waals surface area contributed by atoms with Gasteiger partial charge in [-0.2, -0.15) is 0 Å². The lowest BCUT2D eigenvalue weighted by Crippen LogP contribution is -2.32. The van der Waals surface area contributed by atoms with Crippen LogP contribution in [0.3, 0.4) is 0 Å². The summed E-state index contributed by atoms with van der Waals surface area (Å²) in [6, 6.07) is 0. The first-order chi connectivity index (χ1) is 8.83. The van der Waals surface area contributed by atoms with Crippen LogP contribution in [0.1, 0.15) is 45.4 Å². The van der Waals surface area contributed by atoms with Crippen LogP contribution in [0.4, 0.5) is 0 Å². The van der Waals surface area contributed by atoms with Crippen LogP contribution >= 0.6 is 0 Å². The number of aliphatic hydroxyl groups excluding tert-OH is 1. The molecule has 0 heterocycles. The first kappa shape index (κ1) is 15.9. The molecule has 1 aliphatic carbocycles. The third kappa shape index (κ3) is 8.03. The minimum atomic E-state index is -0.387. The van der Waals surface area contributed by atoms with Gasteiger partial charge in [0, 0.05) is 19.8 Å². The molecule has 4 nitrogen and oxygen atoms in total. The van der Waals surface area contributed by atoms with Gasteiger partial charge in [-0.3, -0.25) is 0 Å². The predicted molar refractivity (Wildman–Crippen MR) is 72.8 cm³/mol. The molecule has 0 spiro atoms. The molecule has 1 saturated carbocycles. The largest absolute Gasteiger partial charge is 0.389 e. The van der Waals surface area contributed by atoms with Gasteiger partial charge in [0.1, 0.15) is 0 Å². The molecule has 1 fully saturated rings. The maximum Gasteiger partial charge on any atom is 0.0897 e. The summed E-state index contributed by atoms with van der Waals surface area (Å²) in [7, 11) is 0. The van der Waals surface area contributed by atoms with Gasteiger partial charge in [0.05, 0.1) is 18.8 Å². The summed E-state index contributed by atoms with van der Waals surface area (Å²) in [6.45, 7) is 5.72. The van der Waals surface area contributed by atoms with E-state index < -0.39 is 0 Å².